The van der Waals surface area contributed by atoms with E-state index in [2.05, 4.69) is 5.32 Å². The summed E-state index contributed by atoms with van der Waals surface area (Å²) < 4.78 is 46.3. The van der Waals surface area contributed by atoms with Gasteiger partial charge in [0.25, 0.3) is 5.91 Å². The van der Waals surface area contributed by atoms with Crippen LogP contribution in [0, 0.1) is 24.5 Å². The van der Waals surface area contributed by atoms with Crippen LogP contribution in [0.3, 0.4) is 0 Å². The first-order valence-electron chi connectivity index (χ1n) is 10.7. The second-order valence-electron chi connectivity index (χ2n) is 7.78. The highest BCUT2D eigenvalue weighted by Crippen LogP contribution is 2.31. The molecule has 0 aliphatic rings. The van der Waals surface area contributed by atoms with Crippen LogP contribution in [0.25, 0.3) is 0 Å². The third-order valence-corrected chi connectivity index (χ3v) is 6.44. The van der Waals surface area contributed by atoms with Crippen LogP contribution >= 0.6 is 8.03 Å². The number of carbonyl (C=O) groups is 2. The smallest absolute Gasteiger partial charge is 0.345 e. The second-order valence-corrected chi connectivity index (χ2v) is 9.15. The molecule has 1 amide bonds. The van der Waals surface area contributed by atoms with E-state index in [4.69, 9.17) is 4.52 Å². The fraction of sp³-hybridized carbons (Fsp3) is 0.478. The van der Waals surface area contributed by atoms with E-state index in [1.54, 1.807) is 10.8 Å². The Morgan fingerprint density at radius 3 is 2.53 bits per heavy atom. The van der Waals surface area contributed by atoms with Gasteiger partial charge < -0.3 is 9.88 Å². The molecule has 1 N–H and O–H groups in total. The number of aldehydes is 1. The number of carbonyl (C=O) groups excluding carboxylic acids is 2. The number of nitrogens with zero attached hydrogens (tertiary/aromatic N) is 1. The maximum absolute atomic E-state index is 13.6. The Balaban J connectivity index is 2.25. The van der Waals surface area contributed by atoms with Gasteiger partial charge in [-0.3, -0.25) is 9.59 Å². The summed E-state index contributed by atoms with van der Waals surface area (Å²) in [5.74, 6) is -1.91. The topological polar surface area (TPSA) is 77.4 Å². The van der Waals surface area contributed by atoms with Crippen LogP contribution in [-0.2, 0) is 31.6 Å². The van der Waals surface area contributed by atoms with Gasteiger partial charge >= 0.3 is 8.03 Å². The quantitative estimate of drug-likeness (QED) is 0.244. The van der Waals surface area contributed by atoms with Crippen molar-refractivity contribution in [2.45, 2.75) is 53.0 Å². The Morgan fingerprint density at radius 1 is 1.25 bits per heavy atom. The Bertz CT molecular complexity index is 941. The summed E-state index contributed by atoms with van der Waals surface area (Å²) in [6, 6.07) is 3.33. The molecule has 174 valence electrons. The molecule has 0 saturated carbocycles. The molecule has 0 fully saturated rings. The number of hydrogen-bond acceptors (Lipinski definition) is 4. The van der Waals surface area contributed by atoms with Crippen LogP contribution < -0.4 is 5.32 Å². The fourth-order valence-corrected chi connectivity index (χ4v) is 4.67. The predicted octanol–water partition coefficient (Wildman–Crippen LogP) is 5.39. The summed E-state index contributed by atoms with van der Waals surface area (Å²) in [6.07, 6.45) is 5.25. The lowest BCUT2D eigenvalue weighted by Gasteiger charge is -2.14. The van der Waals surface area contributed by atoms with E-state index in [-0.39, 0.29) is 18.7 Å². The summed E-state index contributed by atoms with van der Waals surface area (Å²) in [4.78, 5) is 22.6. The van der Waals surface area contributed by atoms with Gasteiger partial charge in [0.05, 0.1) is 5.69 Å². The highest BCUT2D eigenvalue weighted by atomic mass is 31.1. The molecule has 1 heterocycles. The number of rotatable bonds is 13. The molecule has 0 bridgehead atoms. The molecule has 0 aliphatic heterocycles. The molecule has 0 saturated heterocycles. The van der Waals surface area contributed by atoms with Gasteiger partial charge in [0.1, 0.15) is 18.2 Å². The van der Waals surface area contributed by atoms with Crippen molar-refractivity contribution < 1.29 is 27.5 Å². The second kappa shape index (κ2) is 12.6. The number of nitrogens with one attached hydrogen (secondary N) is 1. The normalized spacial score (nSPS) is 12.5. The van der Waals surface area contributed by atoms with Gasteiger partial charge in [-0.25, -0.2) is 8.78 Å². The lowest BCUT2D eigenvalue weighted by molar-refractivity contribution is -0.127. The van der Waals surface area contributed by atoms with Crippen molar-refractivity contribution >= 4 is 25.9 Å². The third-order valence-electron chi connectivity index (χ3n) is 5.35. The fourth-order valence-electron chi connectivity index (χ4n) is 3.57. The van der Waals surface area contributed by atoms with Gasteiger partial charge in [0, 0.05) is 24.5 Å². The maximum Gasteiger partial charge on any atom is 0.508 e. The van der Waals surface area contributed by atoms with Crippen LogP contribution in [0.15, 0.2) is 24.4 Å². The maximum atomic E-state index is 13.6. The van der Waals surface area contributed by atoms with Crippen molar-refractivity contribution in [1.29, 1.82) is 0 Å². The first-order chi connectivity index (χ1) is 15.3. The van der Waals surface area contributed by atoms with Crippen LogP contribution in [-0.4, -0.2) is 29.5 Å². The number of benzene rings is 1. The van der Waals surface area contributed by atoms with E-state index in [0.717, 1.165) is 30.2 Å². The Labute approximate surface area is 188 Å². The predicted molar refractivity (Wildman–Crippen MR) is 120 cm³/mol. The number of amides is 1. The first-order valence-corrected chi connectivity index (χ1v) is 12.1. The van der Waals surface area contributed by atoms with Crippen LogP contribution in [0.2, 0.25) is 0 Å². The molecule has 2 aromatic rings. The molecule has 0 aliphatic carbocycles. The molecule has 2 rings (SSSR count). The monoisotopic (exact) mass is 467 g/mol. The van der Waals surface area contributed by atoms with Crippen molar-refractivity contribution in [2.24, 2.45) is 5.92 Å². The molecular formula is C23H30F2N2O4P+. The van der Waals surface area contributed by atoms with Crippen LogP contribution in [0.5, 0.6) is 0 Å². The van der Waals surface area contributed by atoms with E-state index in [9.17, 15) is 22.9 Å². The van der Waals surface area contributed by atoms with Crippen LogP contribution in [0.4, 0.5) is 14.5 Å². The number of aromatic nitrogens is 1. The van der Waals surface area contributed by atoms with Gasteiger partial charge in [-0.2, -0.15) is 0 Å². The Morgan fingerprint density at radius 2 is 1.94 bits per heavy atom. The minimum atomic E-state index is -1.71. The van der Waals surface area contributed by atoms with Crippen LogP contribution in [0.1, 0.15) is 49.9 Å². The first kappa shape index (κ1) is 25.8. The average Bonchev–Trinajstić information content (AvgIpc) is 3.02. The summed E-state index contributed by atoms with van der Waals surface area (Å²) in [5.41, 5.74) is 2.59. The van der Waals surface area contributed by atoms with E-state index in [0.29, 0.717) is 36.9 Å². The van der Waals surface area contributed by atoms with Crippen molar-refractivity contribution in [3.05, 3.63) is 52.9 Å². The lowest BCUT2D eigenvalue weighted by atomic mass is 9.94. The molecule has 6 nitrogen and oxygen atoms in total. The molecule has 1 aromatic carbocycles. The SMILES string of the molecule is CCCO[P+](=O)CCC(CC)Cc1c(NC(=O)C=O)cn(Cc2cc(F)cc(F)c2)c1C. The molecule has 9 heteroatoms. The summed E-state index contributed by atoms with van der Waals surface area (Å²) in [6.45, 7) is 6.53. The molecule has 2 atom stereocenters. The molecule has 0 spiro atoms. The Kier molecular flexibility index (Phi) is 10.1. The highest BCUT2D eigenvalue weighted by molar-refractivity contribution is 7.39. The third kappa shape index (κ3) is 7.61. The lowest BCUT2D eigenvalue weighted by Crippen LogP contribution is -2.14. The molecule has 0 radical (unpaired) electrons. The zero-order valence-corrected chi connectivity index (χ0v) is 19.6. The average molecular weight is 467 g/mol. The Hall–Kier alpha value is -2.44. The summed E-state index contributed by atoms with van der Waals surface area (Å²) in [7, 11) is -1.71. The van der Waals surface area contributed by atoms with Gasteiger partial charge in [-0.1, -0.05) is 20.3 Å². The molecular weight excluding hydrogens is 437 g/mol. The van der Waals surface area contributed by atoms with Crippen molar-refractivity contribution in [3.8, 4) is 0 Å². The standard InChI is InChI=1S/C23H29F2N2O4P/c1-4-7-31-32(30)8-6-17(5-2)11-21-16(3)27(14-22(21)26-23(29)15-28)13-18-9-19(24)12-20(25)10-18/h9-10,12,14-15,17H,4-8,11,13H2,1-3H3/p+1. The minimum Gasteiger partial charge on any atom is -0.345 e. The summed E-state index contributed by atoms with van der Waals surface area (Å²) in [5, 5.41) is 2.59. The number of anilines is 1. The van der Waals surface area contributed by atoms with E-state index in [1.165, 1.54) is 12.1 Å². The largest absolute Gasteiger partial charge is 0.508 e. The number of hydrogen-bond donors (Lipinski definition) is 1. The molecule has 32 heavy (non-hydrogen) atoms. The van der Waals surface area contributed by atoms with Crippen molar-refractivity contribution in [1.82, 2.24) is 4.57 Å². The van der Waals surface area contributed by atoms with Gasteiger partial charge in [-0.15, -0.1) is 4.52 Å². The van der Waals surface area contributed by atoms with Crippen molar-refractivity contribution in [3.63, 3.8) is 0 Å². The zero-order valence-electron chi connectivity index (χ0n) is 18.7. The minimum absolute atomic E-state index is 0.187. The van der Waals surface area contributed by atoms with Gasteiger partial charge in [0.2, 0.25) is 6.29 Å². The molecule has 2 unspecified atom stereocenters. The van der Waals surface area contributed by atoms with Gasteiger partial charge in [-0.05, 0) is 59.9 Å². The van der Waals surface area contributed by atoms with E-state index < -0.39 is 25.6 Å². The highest BCUT2D eigenvalue weighted by Gasteiger charge is 2.23. The van der Waals surface area contributed by atoms with Gasteiger partial charge in [0.15, 0.2) is 6.16 Å². The number of halogens is 2. The van der Waals surface area contributed by atoms with E-state index >= 15 is 0 Å². The molecule has 1 aromatic heterocycles. The zero-order chi connectivity index (χ0) is 23.7. The summed E-state index contributed by atoms with van der Waals surface area (Å²) >= 11 is 0. The van der Waals surface area contributed by atoms with Crippen molar-refractivity contribution in [2.75, 3.05) is 18.1 Å². The van der Waals surface area contributed by atoms with E-state index in [1.807, 2.05) is 20.8 Å².